The highest BCUT2D eigenvalue weighted by Gasteiger charge is 2.14. The van der Waals surface area contributed by atoms with Crippen LogP contribution in [0.15, 0.2) is 79.1 Å². The molecule has 24 heavy (non-hydrogen) atoms. The second-order valence-corrected chi connectivity index (χ2v) is 6.12. The molecule has 0 bridgehead atoms. The summed E-state index contributed by atoms with van der Waals surface area (Å²) in [5, 5.41) is 0. The molecular formula is C21H23N3. The lowest BCUT2D eigenvalue weighted by molar-refractivity contribution is 0.238. The van der Waals surface area contributed by atoms with E-state index in [0.29, 0.717) is 5.92 Å². The molecule has 0 radical (unpaired) electrons. The van der Waals surface area contributed by atoms with Crippen molar-refractivity contribution in [1.82, 2.24) is 14.9 Å². The molecule has 0 aliphatic heterocycles. The summed E-state index contributed by atoms with van der Waals surface area (Å²) < 4.78 is 0. The predicted molar refractivity (Wildman–Crippen MR) is 97.4 cm³/mol. The van der Waals surface area contributed by atoms with Gasteiger partial charge in [-0.3, -0.25) is 14.9 Å². The number of rotatable bonds is 7. The highest BCUT2D eigenvalue weighted by molar-refractivity contribution is 5.19. The summed E-state index contributed by atoms with van der Waals surface area (Å²) in [6.07, 6.45) is 3.71. The number of hydrogen-bond acceptors (Lipinski definition) is 3. The van der Waals surface area contributed by atoms with Crippen molar-refractivity contribution < 1.29 is 0 Å². The molecule has 3 heteroatoms. The van der Waals surface area contributed by atoms with Gasteiger partial charge in [0.05, 0.1) is 11.4 Å². The molecule has 0 N–H and O–H groups in total. The Labute approximate surface area is 144 Å². The lowest BCUT2D eigenvalue weighted by Gasteiger charge is -2.25. The molecule has 3 nitrogen and oxygen atoms in total. The summed E-state index contributed by atoms with van der Waals surface area (Å²) in [6.45, 7) is 4.90. The van der Waals surface area contributed by atoms with Gasteiger partial charge in [0.2, 0.25) is 0 Å². The fraction of sp³-hybridized carbons (Fsp3) is 0.238. The van der Waals surface area contributed by atoms with Crippen LogP contribution in [0.3, 0.4) is 0 Å². The van der Waals surface area contributed by atoms with Gasteiger partial charge < -0.3 is 0 Å². The monoisotopic (exact) mass is 317 g/mol. The Kier molecular flexibility index (Phi) is 5.70. The number of hydrogen-bond donors (Lipinski definition) is 0. The van der Waals surface area contributed by atoms with E-state index in [1.807, 2.05) is 36.7 Å². The van der Waals surface area contributed by atoms with E-state index in [1.165, 1.54) is 5.56 Å². The molecule has 0 spiro atoms. The predicted octanol–water partition coefficient (Wildman–Crippen LogP) is 4.28. The first-order valence-electron chi connectivity index (χ1n) is 8.38. The van der Waals surface area contributed by atoms with Crippen LogP contribution in [-0.2, 0) is 13.1 Å². The third kappa shape index (κ3) is 4.74. The molecule has 0 aliphatic carbocycles. The van der Waals surface area contributed by atoms with Crippen molar-refractivity contribution in [2.75, 3.05) is 6.54 Å². The zero-order valence-electron chi connectivity index (χ0n) is 14.0. The summed E-state index contributed by atoms with van der Waals surface area (Å²) in [5.74, 6) is 0.457. The van der Waals surface area contributed by atoms with Crippen LogP contribution in [0.2, 0.25) is 0 Å². The minimum atomic E-state index is 0.457. The SMILES string of the molecule is CC(CN(Cc1ccccn1)Cc1ccccn1)c1ccccc1. The standard InChI is InChI=1S/C21H23N3/c1-18(19-9-3-2-4-10-19)15-24(16-20-11-5-7-13-22-20)17-21-12-6-8-14-23-21/h2-14,18H,15-17H2,1H3. The normalized spacial score (nSPS) is 12.2. The average molecular weight is 317 g/mol. The van der Waals surface area contributed by atoms with Gasteiger partial charge in [-0.2, -0.15) is 0 Å². The molecular weight excluding hydrogens is 294 g/mol. The van der Waals surface area contributed by atoms with Crippen LogP contribution >= 0.6 is 0 Å². The minimum Gasteiger partial charge on any atom is -0.291 e. The van der Waals surface area contributed by atoms with Gasteiger partial charge in [-0.25, -0.2) is 0 Å². The molecule has 122 valence electrons. The maximum absolute atomic E-state index is 4.48. The highest BCUT2D eigenvalue weighted by atomic mass is 15.1. The van der Waals surface area contributed by atoms with Gasteiger partial charge in [0.15, 0.2) is 0 Å². The van der Waals surface area contributed by atoms with E-state index in [0.717, 1.165) is 31.0 Å². The van der Waals surface area contributed by atoms with Crippen molar-refractivity contribution in [3.63, 3.8) is 0 Å². The fourth-order valence-electron chi connectivity index (χ4n) is 2.90. The van der Waals surface area contributed by atoms with E-state index in [1.54, 1.807) is 0 Å². The van der Waals surface area contributed by atoms with E-state index in [2.05, 4.69) is 64.3 Å². The van der Waals surface area contributed by atoms with E-state index in [-0.39, 0.29) is 0 Å². The Balaban J connectivity index is 1.73. The van der Waals surface area contributed by atoms with Crippen LogP contribution in [-0.4, -0.2) is 21.4 Å². The molecule has 0 saturated carbocycles. The van der Waals surface area contributed by atoms with E-state index < -0.39 is 0 Å². The van der Waals surface area contributed by atoms with Crippen molar-refractivity contribution in [3.8, 4) is 0 Å². The van der Waals surface area contributed by atoms with Crippen LogP contribution in [0.1, 0.15) is 29.8 Å². The first-order chi connectivity index (χ1) is 11.8. The number of benzene rings is 1. The summed E-state index contributed by atoms with van der Waals surface area (Å²) in [4.78, 5) is 11.4. The van der Waals surface area contributed by atoms with Gasteiger partial charge in [-0.05, 0) is 35.7 Å². The molecule has 1 aromatic carbocycles. The number of aromatic nitrogens is 2. The van der Waals surface area contributed by atoms with Crippen molar-refractivity contribution in [2.45, 2.75) is 25.9 Å². The zero-order valence-corrected chi connectivity index (χ0v) is 14.0. The van der Waals surface area contributed by atoms with E-state index >= 15 is 0 Å². The second-order valence-electron chi connectivity index (χ2n) is 6.12. The van der Waals surface area contributed by atoms with Gasteiger partial charge in [0.1, 0.15) is 0 Å². The molecule has 3 rings (SSSR count). The Bertz CT molecular complexity index is 672. The Morgan fingerprint density at radius 1 is 0.750 bits per heavy atom. The second kappa shape index (κ2) is 8.37. The van der Waals surface area contributed by atoms with Gasteiger partial charge in [0.25, 0.3) is 0 Å². The number of nitrogens with zero attached hydrogens (tertiary/aromatic N) is 3. The van der Waals surface area contributed by atoms with Crippen molar-refractivity contribution in [1.29, 1.82) is 0 Å². The fourth-order valence-corrected chi connectivity index (χ4v) is 2.90. The Morgan fingerprint density at radius 3 is 1.79 bits per heavy atom. The molecule has 2 aromatic heterocycles. The zero-order chi connectivity index (χ0) is 16.6. The summed E-state index contributed by atoms with van der Waals surface area (Å²) >= 11 is 0. The van der Waals surface area contributed by atoms with Gasteiger partial charge in [-0.1, -0.05) is 49.4 Å². The van der Waals surface area contributed by atoms with Crippen LogP contribution in [0.4, 0.5) is 0 Å². The van der Waals surface area contributed by atoms with Crippen LogP contribution in [0, 0.1) is 0 Å². The van der Waals surface area contributed by atoms with Crippen LogP contribution in [0.5, 0.6) is 0 Å². The van der Waals surface area contributed by atoms with Gasteiger partial charge in [-0.15, -0.1) is 0 Å². The number of pyridine rings is 2. The largest absolute Gasteiger partial charge is 0.291 e. The highest BCUT2D eigenvalue weighted by Crippen LogP contribution is 2.18. The van der Waals surface area contributed by atoms with E-state index in [9.17, 15) is 0 Å². The first-order valence-corrected chi connectivity index (χ1v) is 8.38. The van der Waals surface area contributed by atoms with Crippen LogP contribution in [0.25, 0.3) is 0 Å². The van der Waals surface area contributed by atoms with E-state index in [4.69, 9.17) is 0 Å². The Hall–Kier alpha value is -2.52. The Morgan fingerprint density at radius 2 is 1.29 bits per heavy atom. The quantitative estimate of drug-likeness (QED) is 0.651. The molecule has 0 fully saturated rings. The maximum atomic E-state index is 4.48. The average Bonchev–Trinajstić information content (AvgIpc) is 2.64. The maximum Gasteiger partial charge on any atom is 0.0544 e. The summed E-state index contributed by atoms with van der Waals surface area (Å²) in [5.41, 5.74) is 3.55. The van der Waals surface area contributed by atoms with Crippen molar-refractivity contribution >= 4 is 0 Å². The van der Waals surface area contributed by atoms with Crippen LogP contribution < -0.4 is 0 Å². The smallest absolute Gasteiger partial charge is 0.0544 e. The molecule has 3 aromatic rings. The van der Waals surface area contributed by atoms with Gasteiger partial charge >= 0.3 is 0 Å². The molecule has 0 amide bonds. The lowest BCUT2D eigenvalue weighted by Crippen LogP contribution is -2.28. The summed E-state index contributed by atoms with van der Waals surface area (Å²) in [7, 11) is 0. The minimum absolute atomic E-state index is 0.457. The van der Waals surface area contributed by atoms with Crippen molar-refractivity contribution in [3.05, 3.63) is 96.1 Å². The topological polar surface area (TPSA) is 29.0 Å². The molecule has 0 aliphatic rings. The lowest BCUT2D eigenvalue weighted by atomic mass is 10.0. The third-order valence-electron chi connectivity index (χ3n) is 4.12. The molecule has 1 atom stereocenters. The molecule has 1 unspecified atom stereocenters. The third-order valence-corrected chi connectivity index (χ3v) is 4.12. The molecule has 0 saturated heterocycles. The van der Waals surface area contributed by atoms with Crippen molar-refractivity contribution in [2.24, 2.45) is 0 Å². The molecule has 2 heterocycles. The first kappa shape index (κ1) is 16.3. The van der Waals surface area contributed by atoms with Gasteiger partial charge in [0, 0.05) is 32.0 Å². The summed E-state index contributed by atoms with van der Waals surface area (Å²) in [6, 6.07) is 22.8.